The lowest BCUT2D eigenvalue weighted by molar-refractivity contribution is 0.319. The molecule has 0 aromatic carbocycles. The zero-order chi connectivity index (χ0) is 12.4. The van der Waals surface area contributed by atoms with Gasteiger partial charge in [-0.1, -0.05) is 6.42 Å². The zero-order valence-corrected chi connectivity index (χ0v) is 11.9. The minimum Gasteiger partial charge on any atom is -0.328 e. The fourth-order valence-electron chi connectivity index (χ4n) is 2.90. The molecular weight excluding hydrogens is 228 g/mol. The van der Waals surface area contributed by atoms with E-state index in [1.807, 2.05) is 11.3 Å². The maximum atomic E-state index is 6.04. The van der Waals surface area contributed by atoms with E-state index < -0.39 is 0 Å². The largest absolute Gasteiger partial charge is 0.328 e. The molecule has 1 aliphatic rings. The van der Waals surface area contributed by atoms with E-state index >= 15 is 0 Å². The zero-order valence-electron chi connectivity index (χ0n) is 11.1. The first-order valence-electron chi connectivity index (χ1n) is 6.65. The maximum Gasteiger partial charge on any atom is 0.0305 e. The molecule has 1 aliphatic carbocycles. The van der Waals surface area contributed by atoms with Crippen LogP contribution in [0.1, 0.15) is 54.0 Å². The van der Waals surface area contributed by atoms with Gasteiger partial charge in [0, 0.05) is 27.9 Å². The highest BCUT2D eigenvalue weighted by molar-refractivity contribution is 7.12. The second-order valence-corrected chi connectivity index (χ2v) is 6.84. The fraction of sp³-hybridized carbons (Fsp3) is 0.714. The summed E-state index contributed by atoms with van der Waals surface area (Å²) in [4.78, 5) is 2.86. The SMILES string of the molecule is Cc1cc(C(C)NC2CCCC(N)C2)c(C)s1. The third kappa shape index (κ3) is 3.30. The number of aryl methyl sites for hydroxylation is 2. The Morgan fingerprint density at radius 2 is 2.18 bits per heavy atom. The Morgan fingerprint density at radius 3 is 2.76 bits per heavy atom. The number of nitrogens with two attached hydrogens (primary N) is 1. The van der Waals surface area contributed by atoms with Crippen molar-refractivity contribution >= 4 is 11.3 Å². The van der Waals surface area contributed by atoms with E-state index in [1.165, 1.54) is 34.6 Å². The molecule has 17 heavy (non-hydrogen) atoms. The third-order valence-electron chi connectivity index (χ3n) is 3.75. The molecule has 0 spiro atoms. The average Bonchev–Trinajstić information content (AvgIpc) is 2.58. The van der Waals surface area contributed by atoms with Crippen LogP contribution in [0.3, 0.4) is 0 Å². The molecule has 1 fully saturated rings. The summed E-state index contributed by atoms with van der Waals surface area (Å²) < 4.78 is 0. The van der Waals surface area contributed by atoms with Gasteiger partial charge in [-0.05, 0) is 51.7 Å². The highest BCUT2D eigenvalue weighted by Crippen LogP contribution is 2.28. The highest BCUT2D eigenvalue weighted by Gasteiger charge is 2.21. The van der Waals surface area contributed by atoms with Gasteiger partial charge < -0.3 is 11.1 Å². The summed E-state index contributed by atoms with van der Waals surface area (Å²) in [5.74, 6) is 0. The van der Waals surface area contributed by atoms with Crippen molar-refractivity contribution in [3.05, 3.63) is 21.4 Å². The van der Waals surface area contributed by atoms with Gasteiger partial charge in [0.25, 0.3) is 0 Å². The van der Waals surface area contributed by atoms with Crippen LogP contribution < -0.4 is 11.1 Å². The molecule has 3 heteroatoms. The van der Waals surface area contributed by atoms with Crippen molar-refractivity contribution in [1.82, 2.24) is 5.32 Å². The molecule has 1 saturated carbocycles. The first kappa shape index (κ1) is 13.1. The lowest BCUT2D eigenvalue weighted by Crippen LogP contribution is -2.40. The van der Waals surface area contributed by atoms with E-state index in [0.29, 0.717) is 18.1 Å². The molecule has 3 atom stereocenters. The smallest absolute Gasteiger partial charge is 0.0305 e. The molecule has 0 radical (unpaired) electrons. The predicted octanol–water partition coefficient (Wildman–Crippen LogP) is 3.29. The third-order valence-corrected chi connectivity index (χ3v) is 4.73. The summed E-state index contributed by atoms with van der Waals surface area (Å²) in [7, 11) is 0. The number of nitrogens with one attached hydrogen (secondary N) is 1. The lowest BCUT2D eigenvalue weighted by Gasteiger charge is -2.30. The van der Waals surface area contributed by atoms with Crippen molar-refractivity contribution in [2.45, 2.75) is 64.6 Å². The summed E-state index contributed by atoms with van der Waals surface area (Å²) in [6.45, 7) is 6.68. The number of thiophene rings is 1. The fourth-order valence-corrected chi connectivity index (χ4v) is 3.93. The van der Waals surface area contributed by atoms with Crippen molar-refractivity contribution in [2.75, 3.05) is 0 Å². The minimum absolute atomic E-state index is 0.402. The summed E-state index contributed by atoms with van der Waals surface area (Å²) in [6, 6.07) is 3.78. The predicted molar refractivity (Wildman–Crippen MR) is 75.6 cm³/mol. The van der Waals surface area contributed by atoms with Gasteiger partial charge in [-0.3, -0.25) is 0 Å². The second kappa shape index (κ2) is 5.51. The van der Waals surface area contributed by atoms with Gasteiger partial charge in [-0.15, -0.1) is 11.3 Å². The molecule has 1 aromatic rings. The molecule has 3 unspecified atom stereocenters. The van der Waals surface area contributed by atoms with Crippen LogP contribution in [0.25, 0.3) is 0 Å². The van der Waals surface area contributed by atoms with E-state index in [9.17, 15) is 0 Å². The molecule has 1 aromatic heterocycles. The molecular formula is C14H24N2S. The van der Waals surface area contributed by atoms with E-state index in [0.717, 1.165) is 6.42 Å². The average molecular weight is 252 g/mol. The highest BCUT2D eigenvalue weighted by atomic mass is 32.1. The Kier molecular flexibility index (Phi) is 4.23. The Bertz CT molecular complexity index is 372. The van der Waals surface area contributed by atoms with Gasteiger partial charge >= 0.3 is 0 Å². The van der Waals surface area contributed by atoms with Crippen molar-refractivity contribution in [3.63, 3.8) is 0 Å². The van der Waals surface area contributed by atoms with Crippen molar-refractivity contribution in [3.8, 4) is 0 Å². The first-order chi connectivity index (χ1) is 8.06. The minimum atomic E-state index is 0.402. The number of hydrogen-bond donors (Lipinski definition) is 2. The van der Waals surface area contributed by atoms with Crippen LogP contribution in [0, 0.1) is 13.8 Å². The Morgan fingerprint density at radius 1 is 1.41 bits per heavy atom. The normalized spacial score (nSPS) is 27.1. The molecule has 0 amide bonds. The Labute approximate surface area is 109 Å². The Balaban J connectivity index is 1.96. The van der Waals surface area contributed by atoms with Crippen LogP contribution in [0.5, 0.6) is 0 Å². The van der Waals surface area contributed by atoms with Crippen LogP contribution in [0.2, 0.25) is 0 Å². The number of hydrogen-bond acceptors (Lipinski definition) is 3. The van der Waals surface area contributed by atoms with Gasteiger partial charge in [-0.25, -0.2) is 0 Å². The molecule has 0 aliphatic heterocycles. The van der Waals surface area contributed by atoms with Gasteiger partial charge in [0.1, 0.15) is 0 Å². The van der Waals surface area contributed by atoms with Crippen LogP contribution in [-0.2, 0) is 0 Å². The monoisotopic (exact) mass is 252 g/mol. The summed E-state index contributed by atoms with van der Waals surface area (Å²) in [5, 5.41) is 3.75. The van der Waals surface area contributed by atoms with Crippen LogP contribution >= 0.6 is 11.3 Å². The van der Waals surface area contributed by atoms with Gasteiger partial charge in [0.05, 0.1) is 0 Å². The number of rotatable bonds is 3. The molecule has 96 valence electrons. The van der Waals surface area contributed by atoms with E-state index in [1.54, 1.807) is 0 Å². The van der Waals surface area contributed by atoms with Crippen molar-refractivity contribution in [2.24, 2.45) is 5.73 Å². The summed E-state index contributed by atoms with van der Waals surface area (Å²) in [6.07, 6.45) is 4.88. The standard InChI is InChI=1S/C14H24N2S/c1-9-7-14(11(3)17-9)10(2)16-13-6-4-5-12(15)8-13/h7,10,12-13,16H,4-6,8,15H2,1-3H3. The molecule has 0 saturated heterocycles. The van der Waals surface area contributed by atoms with E-state index in [2.05, 4.69) is 32.2 Å². The molecule has 2 rings (SSSR count). The van der Waals surface area contributed by atoms with Crippen LogP contribution in [0.4, 0.5) is 0 Å². The molecule has 2 nitrogen and oxygen atoms in total. The molecule has 1 heterocycles. The van der Waals surface area contributed by atoms with Crippen LogP contribution in [-0.4, -0.2) is 12.1 Å². The Hall–Kier alpha value is -0.380. The summed E-state index contributed by atoms with van der Waals surface area (Å²) >= 11 is 1.90. The van der Waals surface area contributed by atoms with Crippen LogP contribution in [0.15, 0.2) is 6.07 Å². The van der Waals surface area contributed by atoms with E-state index in [-0.39, 0.29) is 0 Å². The quantitative estimate of drug-likeness (QED) is 0.866. The molecule has 0 bridgehead atoms. The topological polar surface area (TPSA) is 38.0 Å². The summed E-state index contributed by atoms with van der Waals surface area (Å²) in [5.41, 5.74) is 7.50. The lowest BCUT2D eigenvalue weighted by atomic mass is 9.91. The van der Waals surface area contributed by atoms with Crippen molar-refractivity contribution in [1.29, 1.82) is 0 Å². The van der Waals surface area contributed by atoms with Gasteiger partial charge in [-0.2, -0.15) is 0 Å². The maximum absolute atomic E-state index is 6.04. The van der Waals surface area contributed by atoms with Crippen molar-refractivity contribution < 1.29 is 0 Å². The van der Waals surface area contributed by atoms with Gasteiger partial charge in [0.15, 0.2) is 0 Å². The molecule has 3 N–H and O–H groups in total. The van der Waals surface area contributed by atoms with E-state index in [4.69, 9.17) is 5.73 Å². The van der Waals surface area contributed by atoms with Gasteiger partial charge in [0.2, 0.25) is 0 Å². The second-order valence-electron chi connectivity index (χ2n) is 5.38. The first-order valence-corrected chi connectivity index (χ1v) is 7.46.